The second-order valence-corrected chi connectivity index (χ2v) is 10.6. The van der Waals surface area contributed by atoms with Crippen LogP contribution in [0, 0.1) is 11.3 Å². The van der Waals surface area contributed by atoms with E-state index in [-0.39, 0.29) is 36.9 Å². The van der Waals surface area contributed by atoms with E-state index in [0.717, 1.165) is 32.1 Å². The van der Waals surface area contributed by atoms with Crippen LogP contribution >= 0.6 is 0 Å². The van der Waals surface area contributed by atoms with E-state index in [1.165, 1.54) is 18.2 Å². The van der Waals surface area contributed by atoms with Gasteiger partial charge in [0.15, 0.2) is 6.10 Å². The first-order chi connectivity index (χ1) is 17.4. The van der Waals surface area contributed by atoms with Crippen LogP contribution in [0.25, 0.3) is 0 Å². The van der Waals surface area contributed by atoms with E-state index in [1.807, 2.05) is 12.1 Å². The smallest absolute Gasteiger partial charge is 0.332 e. The SMILES string of the molecule is COCCOC(CC1(C(=O)N[C@H]2CC[C@@H](C(=O)Oc3ccc4c(c3)CCC4)CC2)CCCC1)C(=O)O. The minimum atomic E-state index is -1.05. The highest BCUT2D eigenvalue weighted by Crippen LogP contribution is 2.43. The lowest BCUT2D eigenvalue weighted by Crippen LogP contribution is -2.48. The monoisotopic (exact) mass is 501 g/mol. The largest absolute Gasteiger partial charge is 0.479 e. The highest BCUT2D eigenvalue weighted by molar-refractivity contribution is 5.84. The highest BCUT2D eigenvalue weighted by Gasteiger charge is 2.45. The molecule has 3 aliphatic rings. The Morgan fingerprint density at radius 3 is 2.44 bits per heavy atom. The van der Waals surface area contributed by atoms with Gasteiger partial charge in [-0.2, -0.15) is 0 Å². The summed E-state index contributed by atoms with van der Waals surface area (Å²) >= 11 is 0. The number of amides is 1. The third-order valence-corrected chi connectivity index (χ3v) is 8.18. The second kappa shape index (κ2) is 12.2. The minimum Gasteiger partial charge on any atom is -0.479 e. The van der Waals surface area contributed by atoms with Crippen LogP contribution in [0.15, 0.2) is 18.2 Å². The highest BCUT2D eigenvalue weighted by atomic mass is 16.5. The van der Waals surface area contributed by atoms with Gasteiger partial charge in [-0.3, -0.25) is 9.59 Å². The fourth-order valence-electron chi connectivity index (χ4n) is 6.04. The lowest BCUT2D eigenvalue weighted by molar-refractivity contribution is -0.155. The zero-order valence-corrected chi connectivity index (χ0v) is 21.3. The molecular formula is C28H39NO7. The van der Waals surface area contributed by atoms with Crippen LogP contribution in [0.2, 0.25) is 0 Å². The number of aliphatic carboxylic acids is 1. The molecule has 0 heterocycles. The lowest BCUT2D eigenvalue weighted by atomic mass is 9.78. The molecule has 2 fully saturated rings. The van der Waals surface area contributed by atoms with E-state index >= 15 is 0 Å². The number of esters is 1. The zero-order valence-electron chi connectivity index (χ0n) is 21.3. The maximum absolute atomic E-state index is 13.4. The van der Waals surface area contributed by atoms with Crippen LogP contribution in [0.3, 0.4) is 0 Å². The molecule has 0 bridgehead atoms. The van der Waals surface area contributed by atoms with Crippen molar-refractivity contribution >= 4 is 17.8 Å². The van der Waals surface area contributed by atoms with Crippen molar-refractivity contribution in [3.8, 4) is 5.75 Å². The molecule has 2 saturated carbocycles. The van der Waals surface area contributed by atoms with Gasteiger partial charge in [-0.05, 0) is 87.5 Å². The Labute approximate surface area is 213 Å². The normalized spacial score (nSPS) is 23.6. The van der Waals surface area contributed by atoms with Crippen molar-refractivity contribution in [2.45, 2.75) is 89.2 Å². The number of fused-ring (bicyclic) bond motifs is 1. The van der Waals surface area contributed by atoms with Crippen molar-refractivity contribution < 1.29 is 33.7 Å². The summed E-state index contributed by atoms with van der Waals surface area (Å²) in [4.78, 5) is 37.9. The van der Waals surface area contributed by atoms with Crippen LogP contribution in [0.1, 0.15) is 75.3 Å². The van der Waals surface area contributed by atoms with E-state index in [1.54, 1.807) is 0 Å². The van der Waals surface area contributed by atoms with Gasteiger partial charge in [0, 0.05) is 13.2 Å². The molecule has 36 heavy (non-hydrogen) atoms. The van der Waals surface area contributed by atoms with E-state index in [4.69, 9.17) is 14.2 Å². The maximum Gasteiger partial charge on any atom is 0.332 e. The molecule has 1 aromatic rings. The summed E-state index contributed by atoms with van der Waals surface area (Å²) < 4.78 is 16.2. The number of carbonyl (C=O) groups is 3. The van der Waals surface area contributed by atoms with Gasteiger partial charge in [0.2, 0.25) is 5.91 Å². The Morgan fingerprint density at radius 1 is 1.03 bits per heavy atom. The minimum absolute atomic E-state index is 0.0169. The van der Waals surface area contributed by atoms with Crippen molar-refractivity contribution in [3.05, 3.63) is 29.3 Å². The van der Waals surface area contributed by atoms with Gasteiger partial charge in [0.1, 0.15) is 5.75 Å². The van der Waals surface area contributed by atoms with Gasteiger partial charge >= 0.3 is 11.9 Å². The Balaban J connectivity index is 1.28. The number of nitrogens with one attached hydrogen (secondary N) is 1. The predicted octanol–water partition coefficient (Wildman–Crippen LogP) is 3.82. The summed E-state index contributed by atoms with van der Waals surface area (Å²) in [6.45, 7) is 0.484. The molecule has 1 amide bonds. The summed E-state index contributed by atoms with van der Waals surface area (Å²) in [5, 5.41) is 12.8. The molecule has 3 aliphatic carbocycles. The van der Waals surface area contributed by atoms with Gasteiger partial charge in [0.25, 0.3) is 0 Å². The lowest BCUT2D eigenvalue weighted by Gasteiger charge is -2.34. The Kier molecular flexibility index (Phi) is 9.01. The van der Waals surface area contributed by atoms with Crippen LogP contribution in [0.4, 0.5) is 0 Å². The molecule has 2 N–H and O–H groups in total. The summed E-state index contributed by atoms with van der Waals surface area (Å²) in [6.07, 6.45) is 8.31. The van der Waals surface area contributed by atoms with Crippen molar-refractivity contribution in [1.29, 1.82) is 0 Å². The molecule has 8 heteroatoms. The summed E-state index contributed by atoms with van der Waals surface area (Å²) in [6, 6.07) is 5.93. The number of benzene rings is 1. The van der Waals surface area contributed by atoms with Crippen LogP contribution < -0.4 is 10.1 Å². The van der Waals surface area contributed by atoms with Crippen LogP contribution in [0.5, 0.6) is 5.75 Å². The molecule has 1 atom stereocenters. The molecule has 8 nitrogen and oxygen atoms in total. The predicted molar refractivity (Wildman–Crippen MR) is 133 cm³/mol. The Morgan fingerprint density at radius 2 is 1.75 bits per heavy atom. The first-order valence-electron chi connectivity index (χ1n) is 13.4. The number of hydrogen-bond donors (Lipinski definition) is 2. The van der Waals surface area contributed by atoms with E-state index in [0.29, 0.717) is 50.9 Å². The maximum atomic E-state index is 13.4. The van der Waals surface area contributed by atoms with Crippen LogP contribution in [-0.4, -0.2) is 55.4 Å². The molecule has 1 unspecified atom stereocenters. The van der Waals surface area contributed by atoms with Gasteiger partial charge in [-0.15, -0.1) is 0 Å². The standard InChI is InChI=1S/C28H39NO7/c1-34-15-16-35-24(25(30)31)18-28(13-2-3-14-28)27(33)29-22-10-7-20(8-11-22)26(32)36-23-12-9-19-5-4-6-21(19)17-23/h9,12,17,20,22,24H,2-8,10-11,13-16,18H2,1H3,(H,29,33)(H,30,31)/t20-,22+,24?. The fraction of sp³-hybridized carbons (Fsp3) is 0.679. The summed E-state index contributed by atoms with van der Waals surface area (Å²) in [5.74, 6) is -0.863. The number of carboxylic acids is 1. The fourth-order valence-corrected chi connectivity index (χ4v) is 6.04. The number of methoxy groups -OCH3 is 1. The van der Waals surface area contributed by atoms with Gasteiger partial charge in [-0.1, -0.05) is 18.9 Å². The van der Waals surface area contributed by atoms with Crippen molar-refractivity contribution in [1.82, 2.24) is 5.32 Å². The third kappa shape index (κ3) is 6.45. The van der Waals surface area contributed by atoms with Crippen LogP contribution in [-0.2, 0) is 36.7 Å². The Hall–Kier alpha value is -2.45. The molecule has 1 aromatic carbocycles. The number of ether oxygens (including phenoxy) is 3. The molecule has 4 rings (SSSR count). The van der Waals surface area contributed by atoms with Gasteiger partial charge in [-0.25, -0.2) is 4.79 Å². The Bertz CT molecular complexity index is 932. The average Bonchev–Trinajstić information content (AvgIpc) is 3.54. The number of carboxylic acid groups (broad SMARTS) is 1. The molecule has 0 spiro atoms. The second-order valence-electron chi connectivity index (χ2n) is 10.6. The number of hydrogen-bond acceptors (Lipinski definition) is 6. The molecule has 198 valence electrons. The van der Waals surface area contributed by atoms with E-state index < -0.39 is 17.5 Å². The van der Waals surface area contributed by atoms with E-state index in [2.05, 4.69) is 11.4 Å². The van der Waals surface area contributed by atoms with Gasteiger partial charge in [0.05, 0.1) is 24.5 Å². The van der Waals surface area contributed by atoms with Crippen molar-refractivity contribution in [2.24, 2.45) is 11.3 Å². The number of carbonyl (C=O) groups excluding carboxylic acids is 2. The van der Waals surface area contributed by atoms with Crippen molar-refractivity contribution in [3.63, 3.8) is 0 Å². The summed E-state index contributed by atoms with van der Waals surface area (Å²) in [5.41, 5.74) is 1.91. The van der Waals surface area contributed by atoms with E-state index in [9.17, 15) is 19.5 Å². The zero-order chi connectivity index (χ0) is 25.5. The first kappa shape index (κ1) is 26.6. The molecule has 0 aliphatic heterocycles. The average molecular weight is 502 g/mol. The molecule has 0 saturated heterocycles. The topological polar surface area (TPSA) is 111 Å². The third-order valence-electron chi connectivity index (χ3n) is 8.18. The number of rotatable bonds is 11. The molecule has 0 aromatic heterocycles. The molecule has 0 radical (unpaired) electrons. The molecular weight excluding hydrogens is 462 g/mol. The van der Waals surface area contributed by atoms with Crippen molar-refractivity contribution in [2.75, 3.05) is 20.3 Å². The van der Waals surface area contributed by atoms with Gasteiger partial charge < -0.3 is 24.6 Å². The first-order valence-corrected chi connectivity index (χ1v) is 13.4. The quantitative estimate of drug-likeness (QED) is 0.269. The number of aryl methyl sites for hydroxylation is 2. The summed E-state index contributed by atoms with van der Waals surface area (Å²) in [7, 11) is 1.53.